The van der Waals surface area contributed by atoms with E-state index in [4.69, 9.17) is 4.74 Å². The van der Waals surface area contributed by atoms with Crippen LogP contribution >= 0.6 is 0 Å². The Kier molecular flexibility index (Phi) is 6.49. The van der Waals surface area contributed by atoms with Crippen LogP contribution in [0.25, 0.3) is 0 Å². The third-order valence-corrected chi connectivity index (χ3v) is 3.60. The van der Waals surface area contributed by atoms with Crippen molar-refractivity contribution in [1.82, 2.24) is 5.32 Å². The van der Waals surface area contributed by atoms with Crippen molar-refractivity contribution in [3.63, 3.8) is 0 Å². The van der Waals surface area contributed by atoms with Crippen molar-refractivity contribution in [2.45, 2.75) is 19.8 Å². The van der Waals surface area contributed by atoms with Gasteiger partial charge in [-0.25, -0.2) is 4.39 Å². The number of nitrogens with one attached hydrogen (secondary N) is 1. The number of benzene rings is 2. The van der Waals surface area contributed by atoms with Gasteiger partial charge in [0.15, 0.2) is 6.61 Å². The third-order valence-electron chi connectivity index (χ3n) is 3.60. The zero-order chi connectivity index (χ0) is 17.4. The van der Waals surface area contributed by atoms with E-state index in [-0.39, 0.29) is 24.8 Å². The fraction of sp³-hybridized carbons (Fsp3) is 0.263. The second-order valence-corrected chi connectivity index (χ2v) is 5.49. The molecule has 0 bridgehead atoms. The summed E-state index contributed by atoms with van der Waals surface area (Å²) >= 11 is 0. The van der Waals surface area contributed by atoms with Crippen LogP contribution < -0.4 is 5.32 Å². The minimum atomic E-state index is -0.518. The van der Waals surface area contributed by atoms with Gasteiger partial charge in [-0.05, 0) is 42.2 Å². The highest BCUT2D eigenvalue weighted by Gasteiger charge is 2.08. The fourth-order valence-corrected chi connectivity index (χ4v) is 2.24. The molecule has 0 radical (unpaired) electrons. The van der Waals surface area contributed by atoms with E-state index in [1.165, 1.54) is 35.4 Å². The fourth-order valence-electron chi connectivity index (χ4n) is 2.24. The number of carbonyl (C=O) groups is 2. The molecule has 5 heteroatoms. The zero-order valence-electron chi connectivity index (χ0n) is 13.5. The van der Waals surface area contributed by atoms with Crippen molar-refractivity contribution < 1.29 is 18.7 Å². The summed E-state index contributed by atoms with van der Waals surface area (Å²) in [4.78, 5) is 23.3. The van der Waals surface area contributed by atoms with E-state index >= 15 is 0 Å². The smallest absolute Gasteiger partial charge is 0.310 e. The van der Waals surface area contributed by atoms with E-state index in [1.807, 2.05) is 31.2 Å². The highest BCUT2D eigenvalue weighted by molar-refractivity contribution is 5.81. The first-order chi connectivity index (χ1) is 11.5. The van der Waals surface area contributed by atoms with Gasteiger partial charge in [0, 0.05) is 6.54 Å². The molecule has 0 unspecified atom stereocenters. The minimum Gasteiger partial charge on any atom is -0.455 e. The number of aryl methyl sites for hydroxylation is 1. The van der Waals surface area contributed by atoms with Gasteiger partial charge in [-0.3, -0.25) is 9.59 Å². The predicted molar refractivity (Wildman–Crippen MR) is 89.0 cm³/mol. The first kappa shape index (κ1) is 17.7. The standard InChI is InChI=1S/C19H20FNO3/c1-14-4-2-3-5-16(14)10-11-21-18(22)13-24-19(23)12-15-6-8-17(20)9-7-15/h2-9H,10-13H2,1H3,(H,21,22). The lowest BCUT2D eigenvalue weighted by molar-refractivity contribution is -0.147. The molecule has 0 saturated heterocycles. The van der Waals surface area contributed by atoms with Gasteiger partial charge in [0.2, 0.25) is 0 Å². The van der Waals surface area contributed by atoms with Crippen LogP contribution in [0.2, 0.25) is 0 Å². The summed E-state index contributed by atoms with van der Waals surface area (Å²) in [5.41, 5.74) is 2.99. The van der Waals surface area contributed by atoms with Crippen molar-refractivity contribution in [2.24, 2.45) is 0 Å². The number of carbonyl (C=O) groups excluding carboxylic acids is 2. The molecular weight excluding hydrogens is 309 g/mol. The lowest BCUT2D eigenvalue weighted by Crippen LogP contribution is -2.30. The van der Waals surface area contributed by atoms with E-state index in [9.17, 15) is 14.0 Å². The number of hydrogen-bond donors (Lipinski definition) is 1. The molecule has 0 aliphatic carbocycles. The SMILES string of the molecule is Cc1ccccc1CCNC(=O)COC(=O)Cc1ccc(F)cc1. The summed E-state index contributed by atoms with van der Waals surface area (Å²) in [6.07, 6.45) is 0.735. The van der Waals surface area contributed by atoms with Crippen molar-refractivity contribution >= 4 is 11.9 Å². The number of ether oxygens (including phenoxy) is 1. The summed E-state index contributed by atoms with van der Waals surface area (Å²) in [7, 11) is 0. The lowest BCUT2D eigenvalue weighted by atomic mass is 10.1. The third kappa shape index (κ3) is 5.83. The molecular formula is C19H20FNO3. The molecule has 0 aliphatic rings. The Labute approximate surface area is 140 Å². The molecule has 4 nitrogen and oxygen atoms in total. The Morgan fingerprint density at radius 3 is 2.50 bits per heavy atom. The van der Waals surface area contributed by atoms with Crippen LogP contribution in [-0.4, -0.2) is 25.0 Å². The van der Waals surface area contributed by atoms with Crippen molar-refractivity contribution in [3.8, 4) is 0 Å². The van der Waals surface area contributed by atoms with Gasteiger partial charge in [-0.15, -0.1) is 0 Å². The van der Waals surface area contributed by atoms with Crippen molar-refractivity contribution in [1.29, 1.82) is 0 Å². The largest absolute Gasteiger partial charge is 0.455 e. The zero-order valence-corrected chi connectivity index (χ0v) is 13.5. The molecule has 2 aromatic rings. The summed E-state index contributed by atoms with van der Waals surface area (Å²) in [6, 6.07) is 13.6. The monoisotopic (exact) mass is 329 g/mol. The van der Waals surface area contributed by atoms with Crippen molar-refractivity contribution in [3.05, 3.63) is 71.0 Å². The number of rotatable bonds is 7. The maximum Gasteiger partial charge on any atom is 0.310 e. The Morgan fingerprint density at radius 2 is 1.79 bits per heavy atom. The van der Waals surface area contributed by atoms with Gasteiger partial charge in [0.1, 0.15) is 5.82 Å². The van der Waals surface area contributed by atoms with E-state index in [2.05, 4.69) is 5.32 Å². The minimum absolute atomic E-state index is 0.0107. The van der Waals surface area contributed by atoms with Crippen LogP contribution in [0, 0.1) is 12.7 Å². The highest BCUT2D eigenvalue weighted by Crippen LogP contribution is 2.07. The molecule has 2 aromatic carbocycles. The molecule has 0 saturated carbocycles. The van der Waals surface area contributed by atoms with Gasteiger partial charge in [0.05, 0.1) is 6.42 Å². The maximum absolute atomic E-state index is 12.8. The first-order valence-electron chi connectivity index (χ1n) is 7.76. The predicted octanol–water partition coefficient (Wildman–Crippen LogP) is 2.58. The Balaban J connectivity index is 1.66. The molecule has 0 aromatic heterocycles. The van der Waals surface area contributed by atoms with Gasteiger partial charge in [-0.2, -0.15) is 0 Å². The lowest BCUT2D eigenvalue weighted by Gasteiger charge is -2.08. The number of halogens is 1. The van der Waals surface area contributed by atoms with Crippen LogP contribution in [0.3, 0.4) is 0 Å². The highest BCUT2D eigenvalue weighted by atomic mass is 19.1. The average molecular weight is 329 g/mol. The molecule has 0 aliphatic heterocycles. The topological polar surface area (TPSA) is 55.4 Å². The van der Waals surface area contributed by atoms with Gasteiger partial charge >= 0.3 is 5.97 Å². The summed E-state index contributed by atoms with van der Waals surface area (Å²) in [5.74, 6) is -1.22. The van der Waals surface area contributed by atoms with Gasteiger partial charge in [-0.1, -0.05) is 36.4 Å². The summed E-state index contributed by atoms with van der Waals surface area (Å²) in [5, 5.41) is 2.72. The molecule has 1 N–H and O–H groups in total. The second kappa shape index (κ2) is 8.82. The molecule has 1 amide bonds. The Hall–Kier alpha value is -2.69. The van der Waals surface area contributed by atoms with E-state index < -0.39 is 5.97 Å². The normalized spacial score (nSPS) is 10.2. The molecule has 0 atom stereocenters. The average Bonchev–Trinajstić information content (AvgIpc) is 2.57. The summed E-state index contributed by atoms with van der Waals surface area (Å²) in [6.45, 7) is 2.20. The van der Waals surface area contributed by atoms with Crippen LogP contribution in [0.15, 0.2) is 48.5 Å². The maximum atomic E-state index is 12.8. The number of esters is 1. The van der Waals surface area contributed by atoms with Gasteiger partial charge < -0.3 is 10.1 Å². The van der Waals surface area contributed by atoms with Gasteiger partial charge in [0.25, 0.3) is 5.91 Å². The van der Waals surface area contributed by atoms with E-state index in [0.29, 0.717) is 12.1 Å². The van der Waals surface area contributed by atoms with Crippen LogP contribution in [0.1, 0.15) is 16.7 Å². The van der Waals surface area contributed by atoms with Crippen molar-refractivity contribution in [2.75, 3.05) is 13.2 Å². The summed E-state index contributed by atoms with van der Waals surface area (Å²) < 4.78 is 17.7. The number of amides is 1. The Bertz CT molecular complexity index is 698. The van der Waals surface area contributed by atoms with Crippen LogP contribution in [-0.2, 0) is 27.2 Å². The second-order valence-electron chi connectivity index (χ2n) is 5.49. The number of hydrogen-bond acceptors (Lipinski definition) is 3. The quantitative estimate of drug-likeness (QED) is 0.795. The molecule has 2 rings (SSSR count). The first-order valence-corrected chi connectivity index (χ1v) is 7.76. The van der Waals surface area contributed by atoms with Crippen LogP contribution in [0.5, 0.6) is 0 Å². The van der Waals surface area contributed by atoms with E-state index in [0.717, 1.165) is 6.42 Å². The Morgan fingerprint density at radius 1 is 1.08 bits per heavy atom. The molecule has 0 fully saturated rings. The molecule has 0 heterocycles. The molecule has 24 heavy (non-hydrogen) atoms. The molecule has 126 valence electrons. The van der Waals surface area contributed by atoms with E-state index in [1.54, 1.807) is 0 Å². The molecule has 0 spiro atoms. The van der Waals surface area contributed by atoms with Crippen LogP contribution in [0.4, 0.5) is 4.39 Å².